The molecular weight excluding hydrogens is 268 g/mol. The molecule has 2 aromatic rings. The fourth-order valence-corrected chi connectivity index (χ4v) is 1.98. The van der Waals surface area contributed by atoms with E-state index < -0.39 is 0 Å². The van der Waals surface area contributed by atoms with Gasteiger partial charge in [0.25, 0.3) is 0 Å². The van der Waals surface area contributed by atoms with Gasteiger partial charge < -0.3 is 13.6 Å². The van der Waals surface area contributed by atoms with Crippen molar-refractivity contribution in [1.82, 2.24) is 9.97 Å². The maximum Gasteiger partial charge on any atom is 0.304 e. The van der Waals surface area contributed by atoms with Crippen LogP contribution >= 0.6 is 0 Å². The molecule has 116 valence electrons. The average Bonchev–Trinajstić information content (AvgIpc) is 3.05. The maximum atomic E-state index is 5.82. The molecule has 0 fully saturated rings. The van der Waals surface area contributed by atoms with Crippen LogP contribution in [0, 0.1) is 0 Å². The molecule has 2 heterocycles. The number of hydrogen-bond donors (Lipinski definition) is 0. The molecule has 0 aliphatic carbocycles. The van der Waals surface area contributed by atoms with Crippen molar-refractivity contribution in [2.45, 2.75) is 58.3 Å². The Morgan fingerprint density at radius 1 is 1.00 bits per heavy atom. The predicted octanol–water partition coefficient (Wildman–Crippen LogP) is 3.88. The third-order valence-electron chi connectivity index (χ3n) is 3.46. The molecule has 0 spiro atoms. The Hall–Kier alpha value is -1.78. The van der Waals surface area contributed by atoms with Gasteiger partial charge in [-0.05, 0) is 6.42 Å². The number of rotatable bonds is 5. The number of hydrogen-bond acceptors (Lipinski definition) is 5. The molecule has 21 heavy (non-hydrogen) atoms. The van der Waals surface area contributed by atoms with Crippen LogP contribution in [0.25, 0.3) is 0 Å². The van der Waals surface area contributed by atoms with Crippen LogP contribution in [0.2, 0.25) is 0 Å². The van der Waals surface area contributed by atoms with Gasteiger partial charge in [-0.3, -0.25) is 0 Å². The first-order chi connectivity index (χ1) is 9.72. The van der Waals surface area contributed by atoms with Crippen molar-refractivity contribution < 1.29 is 13.6 Å². The van der Waals surface area contributed by atoms with Gasteiger partial charge in [-0.15, -0.1) is 0 Å². The summed E-state index contributed by atoms with van der Waals surface area (Å²) in [6.07, 6.45) is 5.06. The summed E-state index contributed by atoms with van der Waals surface area (Å²) in [5, 5.41) is 0. The van der Waals surface area contributed by atoms with Crippen molar-refractivity contribution in [1.29, 1.82) is 0 Å². The van der Waals surface area contributed by atoms with E-state index in [4.69, 9.17) is 13.6 Å². The van der Waals surface area contributed by atoms with Crippen LogP contribution in [-0.4, -0.2) is 17.1 Å². The molecule has 0 aromatic carbocycles. The van der Waals surface area contributed by atoms with Crippen LogP contribution in [0.1, 0.15) is 58.6 Å². The normalized spacial score (nSPS) is 12.7. The Morgan fingerprint density at radius 3 is 2.19 bits per heavy atom. The highest BCUT2D eigenvalue weighted by atomic mass is 16.6. The quantitative estimate of drug-likeness (QED) is 0.837. The fourth-order valence-electron chi connectivity index (χ4n) is 1.98. The molecule has 5 heteroatoms. The standard InChI is InChI=1S/C16H24N2O3/c1-15(2,3)13-17-9-11(20-13)7-8-16(4,5)14-18-10-12(19-6)21-14/h9-10H,7-8H2,1-6H3. The molecule has 0 aliphatic rings. The molecule has 0 saturated carbocycles. The summed E-state index contributed by atoms with van der Waals surface area (Å²) in [6, 6.07) is 0. The lowest BCUT2D eigenvalue weighted by molar-refractivity contribution is 0.261. The van der Waals surface area contributed by atoms with E-state index >= 15 is 0 Å². The Morgan fingerprint density at radius 2 is 1.67 bits per heavy atom. The summed E-state index contributed by atoms with van der Waals surface area (Å²) in [5.74, 6) is 2.78. The lowest BCUT2D eigenvalue weighted by atomic mass is 9.87. The number of aryl methyl sites for hydroxylation is 1. The summed E-state index contributed by atoms with van der Waals surface area (Å²) < 4.78 is 16.4. The monoisotopic (exact) mass is 292 g/mol. The van der Waals surface area contributed by atoms with Gasteiger partial charge in [0.05, 0.1) is 13.3 Å². The van der Waals surface area contributed by atoms with E-state index in [0.717, 1.165) is 24.5 Å². The number of ether oxygens (including phenoxy) is 1. The minimum absolute atomic E-state index is 0.0658. The third-order valence-corrected chi connectivity index (χ3v) is 3.46. The van der Waals surface area contributed by atoms with Crippen molar-refractivity contribution in [2.24, 2.45) is 0 Å². The minimum atomic E-state index is -0.189. The second-order valence-electron chi connectivity index (χ2n) is 6.95. The zero-order valence-corrected chi connectivity index (χ0v) is 13.7. The van der Waals surface area contributed by atoms with E-state index in [0.29, 0.717) is 11.8 Å². The van der Waals surface area contributed by atoms with Crippen molar-refractivity contribution in [3.8, 4) is 5.95 Å². The summed E-state index contributed by atoms with van der Waals surface area (Å²) >= 11 is 0. The van der Waals surface area contributed by atoms with Crippen LogP contribution in [0.4, 0.5) is 0 Å². The second kappa shape index (κ2) is 5.54. The second-order valence-corrected chi connectivity index (χ2v) is 6.95. The van der Waals surface area contributed by atoms with Gasteiger partial charge in [-0.1, -0.05) is 34.6 Å². The van der Waals surface area contributed by atoms with Crippen molar-refractivity contribution >= 4 is 0 Å². The highest BCUT2D eigenvalue weighted by Gasteiger charge is 2.28. The number of methoxy groups -OCH3 is 1. The molecule has 0 radical (unpaired) electrons. The van der Waals surface area contributed by atoms with Crippen LogP contribution in [0.15, 0.2) is 21.2 Å². The van der Waals surface area contributed by atoms with Gasteiger partial charge in [0.1, 0.15) is 12.0 Å². The van der Waals surface area contributed by atoms with Gasteiger partial charge in [0.2, 0.25) is 5.89 Å². The molecule has 0 atom stereocenters. The summed E-state index contributed by atoms with van der Waals surface area (Å²) in [4.78, 5) is 8.63. The number of aromatic nitrogens is 2. The van der Waals surface area contributed by atoms with Crippen LogP contribution in [0.3, 0.4) is 0 Å². The molecule has 5 nitrogen and oxygen atoms in total. The van der Waals surface area contributed by atoms with Gasteiger partial charge in [-0.2, -0.15) is 0 Å². The Kier molecular flexibility index (Phi) is 4.12. The van der Waals surface area contributed by atoms with E-state index in [1.807, 2.05) is 6.20 Å². The Balaban J connectivity index is 2.02. The van der Waals surface area contributed by atoms with E-state index in [-0.39, 0.29) is 10.8 Å². The smallest absolute Gasteiger partial charge is 0.304 e. The fraction of sp³-hybridized carbons (Fsp3) is 0.625. The van der Waals surface area contributed by atoms with Crippen LogP contribution in [0.5, 0.6) is 5.95 Å². The first kappa shape index (κ1) is 15.6. The highest BCUT2D eigenvalue weighted by molar-refractivity contribution is 5.09. The number of nitrogens with zero attached hydrogens (tertiary/aromatic N) is 2. The van der Waals surface area contributed by atoms with Gasteiger partial charge in [0, 0.05) is 17.3 Å². The van der Waals surface area contributed by atoms with E-state index in [1.54, 1.807) is 13.3 Å². The molecule has 0 aliphatic heterocycles. The molecule has 0 amide bonds. The number of oxazole rings is 2. The molecular formula is C16H24N2O3. The van der Waals surface area contributed by atoms with Gasteiger partial charge in [0.15, 0.2) is 5.89 Å². The molecule has 2 aromatic heterocycles. The molecule has 0 N–H and O–H groups in total. The first-order valence-corrected chi connectivity index (χ1v) is 7.18. The third kappa shape index (κ3) is 3.65. The van der Waals surface area contributed by atoms with E-state index in [9.17, 15) is 0 Å². The van der Waals surface area contributed by atoms with Crippen molar-refractivity contribution in [3.63, 3.8) is 0 Å². The lowest BCUT2D eigenvalue weighted by Gasteiger charge is -2.19. The molecule has 0 bridgehead atoms. The zero-order valence-electron chi connectivity index (χ0n) is 13.7. The Labute approximate surface area is 125 Å². The summed E-state index contributed by atoms with van der Waals surface area (Å²) in [7, 11) is 1.57. The SMILES string of the molecule is COc1cnc(C(C)(C)CCc2cnc(C(C)(C)C)o2)o1. The predicted molar refractivity (Wildman–Crippen MR) is 79.6 cm³/mol. The topological polar surface area (TPSA) is 61.3 Å². The average molecular weight is 292 g/mol. The largest absolute Gasteiger partial charge is 0.467 e. The maximum absolute atomic E-state index is 5.82. The van der Waals surface area contributed by atoms with Gasteiger partial charge in [-0.25, -0.2) is 9.97 Å². The van der Waals surface area contributed by atoms with E-state index in [1.165, 1.54) is 0 Å². The van der Waals surface area contributed by atoms with E-state index in [2.05, 4.69) is 44.6 Å². The minimum Gasteiger partial charge on any atom is -0.467 e. The lowest BCUT2D eigenvalue weighted by Crippen LogP contribution is -2.18. The molecule has 0 saturated heterocycles. The first-order valence-electron chi connectivity index (χ1n) is 7.18. The van der Waals surface area contributed by atoms with Crippen molar-refractivity contribution in [3.05, 3.63) is 29.9 Å². The van der Waals surface area contributed by atoms with Gasteiger partial charge >= 0.3 is 5.95 Å². The van der Waals surface area contributed by atoms with Crippen LogP contribution in [-0.2, 0) is 17.3 Å². The molecule has 2 rings (SSSR count). The molecule has 0 unspecified atom stereocenters. The highest BCUT2D eigenvalue weighted by Crippen LogP contribution is 2.31. The summed E-state index contributed by atoms with van der Waals surface area (Å²) in [6.45, 7) is 10.5. The zero-order chi connectivity index (χ0) is 15.7. The van der Waals surface area contributed by atoms with Crippen LogP contribution < -0.4 is 4.74 Å². The Bertz CT molecular complexity index is 591. The van der Waals surface area contributed by atoms with Crippen molar-refractivity contribution in [2.75, 3.05) is 7.11 Å². The summed E-state index contributed by atoms with van der Waals surface area (Å²) in [5.41, 5.74) is -0.255.